The van der Waals surface area contributed by atoms with Crippen molar-refractivity contribution in [2.75, 3.05) is 19.7 Å². The Kier molecular flexibility index (Phi) is 20.8. The Balaban J connectivity index is 3.10. The van der Waals surface area contributed by atoms with Gasteiger partial charge in [-0.15, -0.1) is 0 Å². The molecule has 23 heavy (non-hydrogen) atoms. The van der Waals surface area contributed by atoms with Crippen LogP contribution in [0.3, 0.4) is 0 Å². The minimum Gasteiger partial charge on any atom is -0.396 e. The Labute approximate surface area is 145 Å². The first kappa shape index (κ1) is 22.4. The first-order valence-electron chi connectivity index (χ1n) is 10.0. The second kappa shape index (κ2) is 21.4. The second-order valence-corrected chi connectivity index (χ2v) is 6.41. The van der Waals surface area contributed by atoms with E-state index in [1.165, 1.54) is 70.6 Å². The average Bonchev–Trinajstić information content (AvgIpc) is 2.57. The van der Waals surface area contributed by atoms with Crippen molar-refractivity contribution in [3.63, 3.8) is 0 Å². The molecular formula is C21H41NO. The van der Waals surface area contributed by atoms with Crippen molar-refractivity contribution < 1.29 is 5.11 Å². The van der Waals surface area contributed by atoms with Gasteiger partial charge in [0, 0.05) is 6.61 Å². The van der Waals surface area contributed by atoms with E-state index in [0.717, 1.165) is 25.9 Å². The van der Waals surface area contributed by atoms with Gasteiger partial charge in [-0.25, -0.2) is 0 Å². The van der Waals surface area contributed by atoms with Crippen LogP contribution in [-0.2, 0) is 0 Å². The maximum Gasteiger partial charge on any atom is 0.0443 e. The van der Waals surface area contributed by atoms with Crippen molar-refractivity contribution in [3.8, 4) is 0 Å². The monoisotopic (exact) mass is 323 g/mol. The lowest BCUT2D eigenvalue weighted by Gasteiger charge is -2.03. The van der Waals surface area contributed by atoms with Gasteiger partial charge in [0.25, 0.3) is 0 Å². The lowest BCUT2D eigenvalue weighted by molar-refractivity contribution is 0.286. The van der Waals surface area contributed by atoms with E-state index in [4.69, 9.17) is 5.11 Å². The molecule has 2 nitrogen and oxygen atoms in total. The number of allylic oxidation sites excluding steroid dienone is 4. The molecule has 0 unspecified atom stereocenters. The molecule has 0 aromatic heterocycles. The Morgan fingerprint density at radius 1 is 0.652 bits per heavy atom. The molecule has 0 fully saturated rings. The van der Waals surface area contributed by atoms with Gasteiger partial charge in [0.15, 0.2) is 0 Å². The number of rotatable bonds is 18. The van der Waals surface area contributed by atoms with Gasteiger partial charge in [-0.1, -0.05) is 69.8 Å². The maximum atomic E-state index is 8.66. The third kappa shape index (κ3) is 21.4. The fourth-order valence-corrected chi connectivity index (χ4v) is 2.57. The Bertz CT molecular complexity index is 261. The largest absolute Gasteiger partial charge is 0.396 e. The molecule has 0 bridgehead atoms. The molecule has 0 aliphatic rings. The van der Waals surface area contributed by atoms with Crippen molar-refractivity contribution in [3.05, 3.63) is 24.3 Å². The Morgan fingerprint density at radius 2 is 1.22 bits per heavy atom. The zero-order valence-corrected chi connectivity index (χ0v) is 15.6. The topological polar surface area (TPSA) is 32.3 Å². The van der Waals surface area contributed by atoms with Crippen LogP contribution in [0.2, 0.25) is 0 Å². The molecule has 136 valence electrons. The van der Waals surface area contributed by atoms with E-state index in [2.05, 4.69) is 36.5 Å². The van der Waals surface area contributed by atoms with Crippen LogP contribution in [-0.4, -0.2) is 24.8 Å². The van der Waals surface area contributed by atoms with Crippen molar-refractivity contribution in [1.82, 2.24) is 5.32 Å². The number of hydrogen-bond acceptors (Lipinski definition) is 2. The van der Waals surface area contributed by atoms with Crippen molar-refractivity contribution in [2.45, 2.75) is 90.4 Å². The zero-order chi connectivity index (χ0) is 16.8. The van der Waals surface area contributed by atoms with Gasteiger partial charge in [0.05, 0.1) is 0 Å². The Hall–Kier alpha value is -0.600. The summed E-state index contributed by atoms with van der Waals surface area (Å²) >= 11 is 0. The molecule has 0 heterocycles. The standard InChI is InChI=1S/C21H41NO/c1-2-3-4-5-6-7-8-9-10-11-12-13-14-15-16-17-19-22-20-18-21-23/h6-7,9-10,22-23H,2-5,8,11-21H2,1H3/b7-6-,10-9-. The fraction of sp³-hybridized carbons (Fsp3) is 0.810. The van der Waals surface area contributed by atoms with Crippen LogP contribution in [0.4, 0.5) is 0 Å². The highest BCUT2D eigenvalue weighted by Crippen LogP contribution is 2.07. The summed E-state index contributed by atoms with van der Waals surface area (Å²) in [7, 11) is 0. The summed E-state index contributed by atoms with van der Waals surface area (Å²) in [6.45, 7) is 4.62. The van der Waals surface area contributed by atoms with Gasteiger partial charge < -0.3 is 10.4 Å². The highest BCUT2D eigenvalue weighted by Gasteiger charge is 1.91. The molecule has 0 saturated carbocycles. The summed E-state index contributed by atoms with van der Waals surface area (Å²) in [4.78, 5) is 0. The highest BCUT2D eigenvalue weighted by atomic mass is 16.3. The van der Waals surface area contributed by atoms with Gasteiger partial charge in [-0.3, -0.25) is 0 Å². The van der Waals surface area contributed by atoms with E-state index >= 15 is 0 Å². The summed E-state index contributed by atoms with van der Waals surface area (Å²) in [5.74, 6) is 0. The van der Waals surface area contributed by atoms with Gasteiger partial charge >= 0.3 is 0 Å². The third-order valence-corrected chi connectivity index (χ3v) is 4.07. The van der Waals surface area contributed by atoms with Gasteiger partial charge in [-0.2, -0.15) is 0 Å². The molecule has 2 N–H and O–H groups in total. The minimum absolute atomic E-state index is 0.302. The molecule has 0 rings (SSSR count). The smallest absolute Gasteiger partial charge is 0.0443 e. The van der Waals surface area contributed by atoms with E-state index in [0.29, 0.717) is 6.61 Å². The molecule has 0 aromatic carbocycles. The Morgan fingerprint density at radius 3 is 1.87 bits per heavy atom. The van der Waals surface area contributed by atoms with E-state index < -0.39 is 0 Å². The van der Waals surface area contributed by atoms with E-state index in [-0.39, 0.29) is 0 Å². The molecule has 0 amide bonds. The van der Waals surface area contributed by atoms with Crippen LogP contribution in [0.15, 0.2) is 24.3 Å². The van der Waals surface area contributed by atoms with Crippen LogP contribution in [0, 0.1) is 0 Å². The SMILES string of the molecule is CCCCC/C=C\C/C=C\CCCCCCCCNCCCO. The summed E-state index contributed by atoms with van der Waals surface area (Å²) in [6.07, 6.45) is 25.9. The third-order valence-electron chi connectivity index (χ3n) is 4.07. The molecule has 0 saturated heterocycles. The van der Waals surface area contributed by atoms with Crippen LogP contribution in [0.1, 0.15) is 90.4 Å². The summed E-state index contributed by atoms with van der Waals surface area (Å²) in [6, 6.07) is 0. The molecule has 2 heteroatoms. The number of nitrogens with one attached hydrogen (secondary N) is 1. The normalized spacial score (nSPS) is 11.9. The fourth-order valence-electron chi connectivity index (χ4n) is 2.57. The predicted octanol–water partition coefficient (Wildman–Crippen LogP) is 5.77. The number of unbranched alkanes of at least 4 members (excludes halogenated alkanes) is 9. The summed E-state index contributed by atoms with van der Waals surface area (Å²) in [5.41, 5.74) is 0. The summed E-state index contributed by atoms with van der Waals surface area (Å²) in [5, 5.41) is 12.0. The maximum absolute atomic E-state index is 8.66. The van der Waals surface area contributed by atoms with Crippen molar-refractivity contribution >= 4 is 0 Å². The van der Waals surface area contributed by atoms with Crippen LogP contribution in [0.25, 0.3) is 0 Å². The lowest BCUT2D eigenvalue weighted by atomic mass is 10.1. The first-order chi connectivity index (χ1) is 11.4. The average molecular weight is 324 g/mol. The molecule has 0 aliphatic heterocycles. The van der Waals surface area contributed by atoms with Crippen molar-refractivity contribution in [1.29, 1.82) is 0 Å². The molecule has 0 aromatic rings. The highest BCUT2D eigenvalue weighted by molar-refractivity contribution is 4.92. The molecule has 0 aliphatic carbocycles. The minimum atomic E-state index is 0.302. The van der Waals surface area contributed by atoms with Gasteiger partial charge in [0.2, 0.25) is 0 Å². The van der Waals surface area contributed by atoms with Gasteiger partial charge in [0.1, 0.15) is 0 Å². The molecular weight excluding hydrogens is 282 g/mol. The van der Waals surface area contributed by atoms with Gasteiger partial charge in [-0.05, 0) is 58.0 Å². The first-order valence-corrected chi connectivity index (χ1v) is 10.0. The number of aliphatic hydroxyl groups excluding tert-OH is 1. The molecule has 0 atom stereocenters. The second-order valence-electron chi connectivity index (χ2n) is 6.41. The predicted molar refractivity (Wildman–Crippen MR) is 104 cm³/mol. The quantitative estimate of drug-likeness (QED) is 0.248. The van der Waals surface area contributed by atoms with E-state index in [1.807, 2.05) is 0 Å². The lowest BCUT2D eigenvalue weighted by Crippen LogP contribution is -2.17. The number of hydrogen-bond donors (Lipinski definition) is 2. The van der Waals surface area contributed by atoms with Crippen LogP contribution >= 0.6 is 0 Å². The van der Waals surface area contributed by atoms with Crippen LogP contribution < -0.4 is 5.32 Å². The zero-order valence-electron chi connectivity index (χ0n) is 15.6. The van der Waals surface area contributed by atoms with Crippen LogP contribution in [0.5, 0.6) is 0 Å². The van der Waals surface area contributed by atoms with E-state index in [9.17, 15) is 0 Å². The molecule has 0 spiro atoms. The van der Waals surface area contributed by atoms with Crippen molar-refractivity contribution in [2.24, 2.45) is 0 Å². The number of aliphatic hydroxyl groups is 1. The molecule has 0 radical (unpaired) electrons. The summed E-state index contributed by atoms with van der Waals surface area (Å²) < 4.78 is 0. The van der Waals surface area contributed by atoms with E-state index in [1.54, 1.807) is 0 Å².